The second-order valence-corrected chi connectivity index (χ2v) is 4.14. The van der Waals surface area contributed by atoms with Crippen molar-refractivity contribution in [1.29, 1.82) is 0 Å². The number of nitrogens with one attached hydrogen (secondary N) is 1. The van der Waals surface area contributed by atoms with Crippen molar-refractivity contribution in [2.24, 2.45) is 4.99 Å². The van der Waals surface area contributed by atoms with Crippen LogP contribution in [-0.2, 0) is 0 Å². The van der Waals surface area contributed by atoms with Crippen LogP contribution in [0, 0.1) is 11.6 Å². The van der Waals surface area contributed by atoms with Crippen molar-refractivity contribution in [3.63, 3.8) is 0 Å². The van der Waals surface area contributed by atoms with E-state index in [1.165, 1.54) is 12.1 Å². The Hall–Kier alpha value is -2.49. The number of hydrogen-bond acceptors (Lipinski definition) is 1. The fraction of sp³-hybridized carbons (Fsp3) is 0. The SMILES string of the molecule is Fc1ccc(/N=C/c2cccc3cc[nH]c23)c(F)c1. The fourth-order valence-corrected chi connectivity index (χ4v) is 1.94. The van der Waals surface area contributed by atoms with Gasteiger partial charge in [-0.1, -0.05) is 18.2 Å². The molecule has 0 radical (unpaired) electrons. The van der Waals surface area contributed by atoms with E-state index in [2.05, 4.69) is 9.98 Å². The molecule has 94 valence electrons. The lowest BCUT2D eigenvalue weighted by Crippen LogP contribution is -1.84. The molecule has 19 heavy (non-hydrogen) atoms. The lowest BCUT2D eigenvalue weighted by molar-refractivity contribution is 0.585. The van der Waals surface area contributed by atoms with Gasteiger partial charge in [0.25, 0.3) is 0 Å². The molecule has 0 saturated heterocycles. The summed E-state index contributed by atoms with van der Waals surface area (Å²) in [6.45, 7) is 0. The smallest absolute Gasteiger partial charge is 0.151 e. The predicted octanol–water partition coefficient (Wildman–Crippen LogP) is 4.20. The highest BCUT2D eigenvalue weighted by Gasteiger charge is 2.02. The van der Waals surface area contributed by atoms with E-state index >= 15 is 0 Å². The zero-order valence-corrected chi connectivity index (χ0v) is 9.90. The lowest BCUT2D eigenvalue weighted by Gasteiger charge is -1.98. The summed E-state index contributed by atoms with van der Waals surface area (Å²) in [5, 5.41) is 1.06. The second kappa shape index (κ2) is 4.65. The van der Waals surface area contributed by atoms with Crippen molar-refractivity contribution in [3.8, 4) is 0 Å². The number of benzene rings is 2. The van der Waals surface area contributed by atoms with E-state index in [0.29, 0.717) is 0 Å². The van der Waals surface area contributed by atoms with Gasteiger partial charge in [-0.3, -0.25) is 4.99 Å². The standard InChI is InChI=1S/C15H10F2N2/c16-12-4-5-14(13(17)8-12)19-9-11-3-1-2-10-6-7-18-15(10)11/h1-9,18H/b19-9+. The van der Waals surface area contributed by atoms with Crippen LogP contribution in [0.2, 0.25) is 0 Å². The first-order valence-electron chi connectivity index (χ1n) is 5.79. The van der Waals surface area contributed by atoms with Gasteiger partial charge in [-0.2, -0.15) is 0 Å². The van der Waals surface area contributed by atoms with Crippen LogP contribution < -0.4 is 0 Å². The minimum absolute atomic E-state index is 0.116. The van der Waals surface area contributed by atoms with Crippen molar-refractivity contribution < 1.29 is 8.78 Å². The third kappa shape index (κ3) is 2.25. The van der Waals surface area contributed by atoms with Gasteiger partial charge in [-0.15, -0.1) is 0 Å². The van der Waals surface area contributed by atoms with Gasteiger partial charge in [-0.25, -0.2) is 8.78 Å². The lowest BCUT2D eigenvalue weighted by atomic mass is 10.1. The van der Waals surface area contributed by atoms with Gasteiger partial charge in [0.15, 0.2) is 5.82 Å². The van der Waals surface area contributed by atoms with Crippen LogP contribution >= 0.6 is 0 Å². The maximum absolute atomic E-state index is 13.4. The van der Waals surface area contributed by atoms with Gasteiger partial charge < -0.3 is 4.98 Å². The van der Waals surface area contributed by atoms with E-state index in [0.717, 1.165) is 22.5 Å². The van der Waals surface area contributed by atoms with E-state index in [4.69, 9.17) is 0 Å². The summed E-state index contributed by atoms with van der Waals surface area (Å²) in [6.07, 6.45) is 3.40. The van der Waals surface area contributed by atoms with Crippen LogP contribution in [0.25, 0.3) is 10.9 Å². The Labute approximate surface area is 108 Å². The summed E-state index contributed by atoms with van der Waals surface area (Å²) < 4.78 is 26.2. The maximum Gasteiger partial charge on any atom is 0.151 e. The number of H-pyrrole nitrogens is 1. The molecule has 0 spiro atoms. The molecule has 2 nitrogen and oxygen atoms in total. The van der Waals surface area contributed by atoms with Crippen molar-refractivity contribution in [2.75, 3.05) is 0 Å². The van der Waals surface area contributed by atoms with Crippen LogP contribution in [0.5, 0.6) is 0 Å². The molecule has 1 N–H and O–H groups in total. The van der Waals surface area contributed by atoms with E-state index in [9.17, 15) is 8.78 Å². The van der Waals surface area contributed by atoms with Gasteiger partial charge in [0.2, 0.25) is 0 Å². The largest absolute Gasteiger partial charge is 0.361 e. The molecule has 0 saturated carbocycles. The molecular weight excluding hydrogens is 246 g/mol. The van der Waals surface area contributed by atoms with Gasteiger partial charge in [0, 0.05) is 29.4 Å². The molecule has 2 aromatic carbocycles. The Balaban J connectivity index is 2.00. The van der Waals surface area contributed by atoms with Crippen molar-refractivity contribution in [1.82, 2.24) is 4.98 Å². The molecule has 3 rings (SSSR count). The van der Waals surface area contributed by atoms with E-state index < -0.39 is 11.6 Å². The predicted molar refractivity (Wildman–Crippen MR) is 71.9 cm³/mol. The number of rotatable bonds is 2. The van der Waals surface area contributed by atoms with E-state index in [-0.39, 0.29) is 5.69 Å². The number of fused-ring (bicyclic) bond motifs is 1. The molecule has 1 aromatic heterocycles. The maximum atomic E-state index is 13.4. The highest BCUT2D eigenvalue weighted by molar-refractivity contribution is 5.98. The summed E-state index contributed by atoms with van der Waals surface area (Å²) in [4.78, 5) is 7.16. The Kier molecular flexibility index (Phi) is 2.83. The Morgan fingerprint density at radius 2 is 1.95 bits per heavy atom. The number of aromatic amines is 1. The van der Waals surface area contributed by atoms with Crippen LogP contribution in [-0.4, -0.2) is 11.2 Å². The monoisotopic (exact) mass is 256 g/mol. The number of aliphatic imine (C=N–C) groups is 1. The number of aromatic nitrogens is 1. The number of nitrogens with zero attached hydrogens (tertiary/aromatic N) is 1. The average molecular weight is 256 g/mol. The third-order valence-corrected chi connectivity index (χ3v) is 2.87. The Morgan fingerprint density at radius 3 is 2.79 bits per heavy atom. The summed E-state index contributed by atoms with van der Waals surface area (Å²) in [5.74, 6) is -1.28. The molecule has 0 amide bonds. The molecular formula is C15H10F2N2. The Morgan fingerprint density at radius 1 is 1.05 bits per heavy atom. The zero-order valence-electron chi connectivity index (χ0n) is 9.90. The third-order valence-electron chi connectivity index (χ3n) is 2.87. The first-order valence-corrected chi connectivity index (χ1v) is 5.79. The fourth-order valence-electron chi connectivity index (χ4n) is 1.94. The Bertz CT molecular complexity index is 760. The van der Waals surface area contributed by atoms with Crippen molar-refractivity contribution in [2.45, 2.75) is 0 Å². The minimum Gasteiger partial charge on any atom is -0.361 e. The summed E-state index contributed by atoms with van der Waals surface area (Å²) in [6, 6.07) is 11.0. The highest BCUT2D eigenvalue weighted by Crippen LogP contribution is 2.20. The first-order chi connectivity index (χ1) is 9.24. The van der Waals surface area contributed by atoms with Crippen LogP contribution in [0.15, 0.2) is 53.7 Å². The van der Waals surface area contributed by atoms with Crippen molar-refractivity contribution in [3.05, 3.63) is 65.9 Å². The molecule has 0 aliphatic heterocycles. The number of hydrogen-bond donors (Lipinski definition) is 1. The summed E-state index contributed by atoms with van der Waals surface area (Å²) in [5.41, 5.74) is 1.91. The van der Waals surface area contributed by atoms with E-state index in [1.807, 2.05) is 30.5 Å². The van der Waals surface area contributed by atoms with Crippen molar-refractivity contribution >= 4 is 22.8 Å². The van der Waals surface area contributed by atoms with Crippen LogP contribution in [0.3, 0.4) is 0 Å². The summed E-state index contributed by atoms with van der Waals surface area (Å²) >= 11 is 0. The zero-order chi connectivity index (χ0) is 13.2. The molecule has 0 unspecified atom stereocenters. The molecule has 0 aliphatic rings. The number of para-hydroxylation sites is 1. The number of halogens is 2. The van der Waals surface area contributed by atoms with Gasteiger partial charge >= 0.3 is 0 Å². The summed E-state index contributed by atoms with van der Waals surface area (Å²) in [7, 11) is 0. The first kappa shape index (κ1) is 11.6. The molecule has 0 fully saturated rings. The molecule has 3 aromatic rings. The molecule has 0 atom stereocenters. The molecule has 0 aliphatic carbocycles. The topological polar surface area (TPSA) is 28.1 Å². The van der Waals surface area contributed by atoms with Gasteiger partial charge in [0.1, 0.15) is 5.82 Å². The quantitative estimate of drug-likeness (QED) is 0.666. The highest BCUT2D eigenvalue weighted by atomic mass is 19.1. The van der Waals surface area contributed by atoms with Crippen LogP contribution in [0.1, 0.15) is 5.56 Å². The van der Waals surface area contributed by atoms with E-state index in [1.54, 1.807) is 6.21 Å². The normalized spacial score (nSPS) is 11.5. The average Bonchev–Trinajstić information content (AvgIpc) is 2.86. The van der Waals surface area contributed by atoms with Crippen LogP contribution in [0.4, 0.5) is 14.5 Å². The van der Waals surface area contributed by atoms with Gasteiger partial charge in [0.05, 0.1) is 11.2 Å². The minimum atomic E-state index is -0.671. The molecule has 1 heterocycles. The van der Waals surface area contributed by atoms with Gasteiger partial charge in [-0.05, 0) is 18.2 Å². The molecule has 4 heteroatoms. The second-order valence-electron chi connectivity index (χ2n) is 4.14. The molecule has 0 bridgehead atoms.